The van der Waals surface area contributed by atoms with E-state index in [9.17, 15) is 5.11 Å². The molecule has 14 heavy (non-hydrogen) atoms. The lowest BCUT2D eigenvalue weighted by molar-refractivity contribution is -0.0356. The van der Waals surface area contributed by atoms with E-state index in [0.717, 1.165) is 25.7 Å². The lowest BCUT2D eigenvalue weighted by Crippen LogP contribution is -2.54. The van der Waals surface area contributed by atoms with E-state index in [4.69, 9.17) is 5.73 Å². The maximum Gasteiger partial charge on any atom is 0.0802 e. The third-order valence-corrected chi connectivity index (χ3v) is 2.88. The Morgan fingerprint density at radius 1 is 1.07 bits per heavy atom. The van der Waals surface area contributed by atoms with Gasteiger partial charge in [0.1, 0.15) is 0 Å². The van der Waals surface area contributed by atoms with Crippen molar-refractivity contribution in [3.8, 4) is 0 Å². The Bertz CT molecular complexity index is 154. The third-order valence-electron chi connectivity index (χ3n) is 2.88. The standard InChI is InChI=1S/C12H27NO/c1-6-8-12(14,9-7-2)10(13)11(3,4)5/h10,14H,6-9,13H2,1-5H3. The highest BCUT2D eigenvalue weighted by molar-refractivity contribution is 4.95. The van der Waals surface area contributed by atoms with Crippen LogP contribution in [0.25, 0.3) is 0 Å². The van der Waals surface area contributed by atoms with Gasteiger partial charge in [0.15, 0.2) is 0 Å². The molecule has 0 aromatic rings. The van der Waals surface area contributed by atoms with Crippen molar-refractivity contribution in [3.63, 3.8) is 0 Å². The molecule has 0 aromatic carbocycles. The van der Waals surface area contributed by atoms with Crippen molar-refractivity contribution in [1.82, 2.24) is 0 Å². The first kappa shape index (κ1) is 13.9. The molecule has 0 aliphatic heterocycles. The van der Waals surface area contributed by atoms with Crippen molar-refractivity contribution in [2.75, 3.05) is 0 Å². The molecule has 0 heterocycles. The monoisotopic (exact) mass is 201 g/mol. The second kappa shape index (κ2) is 5.13. The van der Waals surface area contributed by atoms with E-state index in [1.807, 2.05) is 0 Å². The van der Waals surface area contributed by atoms with E-state index in [1.165, 1.54) is 0 Å². The molecule has 2 heteroatoms. The molecular weight excluding hydrogens is 174 g/mol. The molecule has 0 amide bonds. The lowest BCUT2D eigenvalue weighted by atomic mass is 9.73. The Balaban J connectivity index is 4.63. The fourth-order valence-corrected chi connectivity index (χ4v) is 2.11. The number of hydrogen-bond donors (Lipinski definition) is 2. The van der Waals surface area contributed by atoms with Gasteiger partial charge in [-0.25, -0.2) is 0 Å². The van der Waals surface area contributed by atoms with E-state index < -0.39 is 5.60 Å². The Morgan fingerprint density at radius 2 is 1.43 bits per heavy atom. The van der Waals surface area contributed by atoms with Crippen LogP contribution < -0.4 is 5.73 Å². The first-order valence-corrected chi connectivity index (χ1v) is 5.76. The van der Waals surface area contributed by atoms with Gasteiger partial charge in [-0.15, -0.1) is 0 Å². The summed E-state index contributed by atoms with van der Waals surface area (Å²) < 4.78 is 0. The summed E-state index contributed by atoms with van der Waals surface area (Å²) in [5, 5.41) is 10.5. The molecule has 0 aromatic heterocycles. The summed E-state index contributed by atoms with van der Waals surface area (Å²) in [6, 6.07) is -0.144. The Morgan fingerprint density at radius 3 is 1.64 bits per heavy atom. The normalized spacial score (nSPS) is 15.6. The highest BCUT2D eigenvalue weighted by Gasteiger charge is 2.39. The molecule has 0 rings (SSSR count). The number of nitrogens with two attached hydrogens (primary N) is 1. The van der Waals surface area contributed by atoms with Crippen molar-refractivity contribution in [1.29, 1.82) is 0 Å². The van der Waals surface area contributed by atoms with Crippen molar-refractivity contribution < 1.29 is 5.11 Å². The molecule has 0 aliphatic rings. The molecule has 0 aliphatic carbocycles. The number of hydrogen-bond acceptors (Lipinski definition) is 2. The molecule has 0 fully saturated rings. The molecule has 1 atom stereocenters. The van der Waals surface area contributed by atoms with Crippen LogP contribution in [0.15, 0.2) is 0 Å². The van der Waals surface area contributed by atoms with Crippen molar-refractivity contribution >= 4 is 0 Å². The first-order valence-electron chi connectivity index (χ1n) is 5.76. The van der Waals surface area contributed by atoms with Crippen LogP contribution in [0.3, 0.4) is 0 Å². The molecule has 0 saturated carbocycles. The molecule has 0 spiro atoms. The summed E-state index contributed by atoms with van der Waals surface area (Å²) in [5.41, 5.74) is 5.44. The summed E-state index contributed by atoms with van der Waals surface area (Å²) in [5.74, 6) is 0. The van der Waals surface area contributed by atoms with Crippen molar-refractivity contribution in [2.45, 2.75) is 71.9 Å². The predicted molar refractivity (Wildman–Crippen MR) is 62.2 cm³/mol. The Kier molecular flexibility index (Phi) is 5.10. The third kappa shape index (κ3) is 3.58. The molecule has 1 unspecified atom stereocenters. The van der Waals surface area contributed by atoms with Crippen LogP contribution >= 0.6 is 0 Å². The molecule has 3 N–H and O–H groups in total. The molecule has 86 valence electrons. The maximum atomic E-state index is 10.5. The van der Waals surface area contributed by atoms with E-state index in [1.54, 1.807) is 0 Å². The fraction of sp³-hybridized carbons (Fsp3) is 1.00. The Labute approximate surface area is 88.9 Å². The van der Waals surface area contributed by atoms with Crippen molar-refractivity contribution in [2.24, 2.45) is 11.1 Å². The number of aliphatic hydroxyl groups is 1. The largest absolute Gasteiger partial charge is 0.388 e. The van der Waals surface area contributed by atoms with Crippen LogP contribution in [0.5, 0.6) is 0 Å². The van der Waals surface area contributed by atoms with Crippen LogP contribution in [0.2, 0.25) is 0 Å². The molecular formula is C12H27NO. The van der Waals surface area contributed by atoms with Crippen LogP contribution in [0, 0.1) is 5.41 Å². The summed E-state index contributed by atoms with van der Waals surface area (Å²) in [7, 11) is 0. The van der Waals surface area contributed by atoms with Crippen LogP contribution in [-0.4, -0.2) is 16.7 Å². The van der Waals surface area contributed by atoms with Gasteiger partial charge in [0.05, 0.1) is 5.60 Å². The minimum atomic E-state index is -0.679. The number of rotatable bonds is 5. The van der Waals surface area contributed by atoms with E-state index in [0.29, 0.717) is 0 Å². The van der Waals surface area contributed by atoms with Gasteiger partial charge < -0.3 is 10.8 Å². The SMILES string of the molecule is CCCC(O)(CCC)C(N)C(C)(C)C. The summed E-state index contributed by atoms with van der Waals surface area (Å²) in [6.45, 7) is 10.5. The lowest BCUT2D eigenvalue weighted by Gasteiger charge is -2.41. The maximum absolute atomic E-state index is 10.5. The highest BCUT2D eigenvalue weighted by atomic mass is 16.3. The van der Waals surface area contributed by atoms with Crippen LogP contribution in [-0.2, 0) is 0 Å². The van der Waals surface area contributed by atoms with Gasteiger partial charge in [0, 0.05) is 6.04 Å². The average molecular weight is 201 g/mol. The van der Waals surface area contributed by atoms with Gasteiger partial charge in [-0.05, 0) is 18.3 Å². The first-order chi connectivity index (χ1) is 6.28. The van der Waals surface area contributed by atoms with Crippen LogP contribution in [0.4, 0.5) is 0 Å². The zero-order chi connectivity index (χ0) is 11.4. The zero-order valence-corrected chi connectivity index (χ0v) is 10.4. The van der Waals surface area contributed by atoms with Gasteiger partial charge in [-0.1, -0.05) is 47.5 Å². The molecule has 2 nitrogen and oxygen atoms in total. The van der Waals surface area contributed by atoms with E-state index in [-0.39, 0.29) is 11.5 Å². The Hall–Kier alpha value is -0.0800. The van der Waals surface area contributed by atoms with E-state index in [2.05, 4.69) is 34.6 Å². The molecule has 0 bridgehead atoms. The van der Waals surface area contributed by atoms with E-state index >= 15 is 0 Å². The summed E-state index contributed by atoms with van der Waals surface area (Å²) >= 11 is 0. The second-order valence-corrected chi connectivity index (χ2v) is 5.45. The van der Waals surface area contributed by atoms with Gasteiger partial charge >= 0.3 is 0 Å². The summed E-state index contributed by atoms with van der Waals surface area (Å²) in [4.78, 5) is 0. The van der Waals surface area contributed by atoms with Gasteiger partial charge in [0.25, 0.3) is 0 Å². The molecule has 0 radical (unpaired) electrons. The summed E-state index contributed by atoms with van der Waals surface area (Å²) in [6.07, 6.45) is 3.58. The average Bonchev–Trinajstić information content (AvgIpc) is 2.02. The van der Waals surface area contributed by atoms with Crippen LogP contribution in [0.1, 0.15) is 60.3 Å². The topological polar surface area (TPSA) is 46.2 Å². The minimum Gasteiger partial charge on any atom is -0.388 e. The van der Waals surface area contributed by atoms with Crippen molar-refractivity contribution in [3.05, 3.63) is 0 Å². The minimum absolute atomic E-state index is 0.0287. The molecule has 0 saturated heterocycles. The zero-order valence-electron chi connectivity index (χ0n) is 10.4. The fourth-order valence-electron chi connectivity index (χ4n) is 2.11. The smallest absolute Gasteiger partial charge is 0.0802 e. The second-order valence-electron chi connectivity index (χ2n) is 5.45. The van der Waals surface area contributed by atoms with Gasteiger partial charge in [-0.2, -0.15) is 0 Å². The van der Waals surface area contributed by atoms with Gasteiger partial charge in [-0.3, -0.25) is 0 Å². The predicted octanol–water partition coefficient (Wildman–Crippen LogP) is 2.69. The van der Waals surface area contributed by atoms with Gasteiger partial charge in [0.2, 0.25) is 0 Å². The quantitative estimate of drug-likeness (QED) is 0.718. The highest BCUT2D eigenvalue weighted by Crippen LogP contribution is 2.32.